The second-order valence-electron chi connectivity index (χ2n) is 3.71. The zero-order valence-electron chi connectivity index (χ0n) is 7.68. The zero-order chi connectivity index (χ0) is 9.26. The molecule has 1 aliphatic rings. The van der Waals surface area contributed by atoms with Gasteiger partial charge in [-0.05, 0) is 12.3 Å². The van der Waals surface area contributed by atoms with Crippen LogP contribution in [0.3, 0.4) is 0 Å². The predicted octanol–water partition coefficient (Wildman–Crippen LogP) is 1.35. The molecule has 0 aromatic carbocycles. The number of piperidine rings is 1. The van der Waals surface area contributed by atoms with Crippen LogP contribution in [0.25, 0.3) is 0 Å². The molecule has 0 radical (unpaired) electrons. The highest BCUT2D eigenvalue weighted by Crippen LogP contribution is 2.24. The molecule has 0 aliphatic carbocycles. The summed E-state index contributed by atoms with van der Waals surface area (Å²) in [6.45, 7) is 3.92. The Bertz CT molecular complexity index is 253. The molecule has 2 heterocycles. The number of aliphatic hydroxyl groups excluding tert-OH is 1. The second kappa shape index (κ2) is 3.64. The highest BCUT2D eigenvalue weighted by Gasteiger charge is 2.24. The predicted molar refractivity (Wildman–Crippen MR) is 54.1 cm³/mol. The van der Waals surface area contributed by atoms with Crippen molar-refractivity contribution in [1.29, 1.82) is 0 Å². The van der Waals surface area contributed by atoms with Gasteiger partial charge in [0.05, 0.1) is 6.10 Å². The maximum absolute atomic E-state index is 9.58. The average molecular weight is 198 g/mol. The van der Waals surface area contributed by atoms with E-state index >= 15 is 0 Å². The Morgan fingerprint density at radius 1 is 1.62 bits per heavy atom. The third-order valence-electron chi connectivity index (χ3n) is 2.33. The molecule has 72 valence electrons. The van der Waals surface area contributed by atoms with Crippen LogP contribution >= 0.6 is 11.3 Å². The van der Waals surface area contributed by atoms with Gasteiger partial charge in [-0.1, -0.05) is 6.92 Å². The maximum Gasteiger partial charge on any atom is 0.185 e. The molecule has 0 bridgehead atoms. The Labute approximate surface area is 82.0 Å². The van der Waals surface area contributed by atoms with Gasteiger partial charge in [0.1, 0.15) is 0 Å². The summed E-state index contributed by atoms with van der Waals surface area (Å²) in [5.41, 5.74) is 0. The Morgan fingerprint density at radius 2 is 2.46 bits per heavy atom. The van der Waals surface area contributed by atoms with E-state index in [-0.39, 0.29) is 6.10 Å². The zero-order valence-corrected chi connectivity index (χ0v) is 8.50. The molecule has 1 saturated heterocycles. The van der Waals surface area contributed by atoms with Gasteiger partial charge in [-0.3, -0.25) is 0 Å². The Balaban J connectivity index is 2.07. The van der Waals surface area contributed by atoms with E-state index in [0.29, 0.717) is 5.92 Å². The number of β-amino-alcohol motifs (C(OH)–C–C–N with tert-alkyl or cyclic N) is 1. The summed E-state index contributed by atoms with van der Waals surface area (Å²) in [6.07, 6.45) is 2.54. The summed E-state index contributed by atoms with van der Waals surface area (Å²) >= 11 is 1.64. The lowest BCUT2D eigenvalue weighted by atomic mass is 9.98. The summed E-state index contributed by atoms with van der Waals surface area (Å²) in [4.78, 5) is 6.41. The van der Waals surface area contributed by atoms with Crippen LogP contribution < -0.4 is 4.90 Å². The van der Waals surface area contributed by atoms with Crippen molar-refractivity contribution in [2.45, 2.75) is 19.4 Å². The number of aliphatic hydroxyl groups is 1. The molecule has 1 fully saturated rings. The molecule has 0 amide bonds. The molecule has 1 aliphatic heterocycles. The first-order valence-corrected chi connectivity index (χ1v) is 5.46. The lowest BCUT2D eigenvalue weighted by Crippen LogP contribution is -2.42. The van der Waals surface area contributed by atoms with Crippen molar-refractivity contribution in [2.75, 3.05) is 18.0 Å². The first-order chi connectivity index (χ1) is 6.25. The summed E-state index contributed by atoms with van der Waals surface area (Å²) in [6, 6.07) is 0. The Morgan fingerprint density at radius 3 is 3.08 bits per heavy atom. The summed E-state index contributed by atoms with van der Waals surface area (Å²) < 4.78 is 0. The van der Waals surface area contributed by atoms with E-state index in [1.165, 1.54) is 0 Å². The van der Waals surface area contributed by atoms with E-state index < -0.39 is 0 Å². The van der Waals surface area contributed by atoms with Crippen molar-refractivity contribution in [3.63, 3.8) is 0 Å². The van der Waals surface area contributed by atoms with Crippen LogP contribution in [0.4, 0.5) is 5.13 Å². The molecule has 3 nitrogen and oxygen atoms in total. The van der Waals surface area contributed by atoms with Crippen molar-refractivity contribution >= 4 is 16.5 Å². The van der Waals surface area contributed by atoms with Gasteiger partial charge in [0, 0.05) is 24.7 Å². The third-order valence-corrected chi connectivity index (χ3v) is 3.16. The molecule has 4 heteroatoms. The molecule has 0 saturated carbocycles. The molecule has 13 heavy (non-hydrogen) atoms. The monoisotopic (exact) mass is 198 g/mol. The standard InChI is InChI=1S/C9H14N2OS/c1-7-4-8(12)6-11(5-7)9-10-2-3-13-9/h2-3,7-8,12H,4-6H2,1H3. The van der Waals surface area contributed by atoms with Crippen molar-refractivity contribution in [1.82, 2.24) is 4.98 Å². The van der Waals surface area contributed by atoms with E-state index in [9.17, 15) is 5.11 Å². The van der Waals surface area contributed by atoms with E-state index in [2.05, 4.69) is 16.8 Å². The van der Waals surface area contributed by atoms with Gasteiger partial charge in [-0.25, -0.2) is 4.98 Å². The molecule has 1 N–H and O–H groups in total. The summed E-state index contributed by atoms with van der Waals surface area (Å²) in [5, 5.41) is 12.6. The third kappa shape index (κ3) is 2.00. The molecule has 2 unspecified atom stereocenters. The SMILES string of the molecule is CC1CC(O)CN(c2nccs2)C1. The minimum atomic E-state index is -0.187. The lowest BCUT2D eigenvalue weighted by Gasteiger charge is -2.33. The molecule has 1 aromatic heterocycles. The van der Waals surface area contributed by atoms with Crippen LogP contribution in [-0.2, 0) is 0 Å². The molecule has 2 rings (SSSR count). The van der Waals surface area contributed by atoms with Crippen LogP contribution in [0.1, 0.15) is 13.3 Å². The number of thiazole rings is 1. The molecule has 1 aromatic rings. The first kappa shape index (κ1) is 8.97. The molecular weight excluding hydrogens is 184 g/mol. The van der Waals surface area contributed by atoms with Crippen molar-refractivity contribution in [3.8, 4) is 0 Å². The molecular formula is C9H14N2OS. The highest BCUT2D eigenvalue weighted by molar-refractivity contribution is 7.13. The van der Waals surface area contributed by atoms with E-state index in [0.717, 1.165) is 24.6 Å². The molecule has 0 spiro atoms. The van der Waals surface area contributed by atoms with E-state index in [4.69, 9.17) is 0 Å². The van der Waals surface area contributed by atoms with Crippen LogP contribution in [0, 0.1) is 5.92 Å². The summed E-state index contributed by atoms with van der Waals surface area (Å²) in [5.74, 6) is 0.563. The normalized spacial score (nSPS) is 29.2. The average Bonchev–Trinajstić information content (AvgIpc) is 2.53. The highest BCUT2D eigenvalue weighted by atomic mass is 32.1. The van der Waals surface area contributed by atoms with Crippen LogP contribution in [-0.4, -0.2) is 29.3 Å². The lowest BCUT2D eigenvalue weighted by molar-refractivity contribution is 0.132. The second-order valence-corrected chi connectivity index (χ2v) is 4.59. The Kier molecular flexibility index (Phi) is 2.51. The van der Waals surface area contributed by atoms with Gasteiger partial charge in [0.2, 0.25) is 0 Å². The fourth-order valence-electron chi connectivity index (χ4n) is 1.85. The minimum absolute atomic E-state index is 0.187. The number of hydrogen-bond donors (Lipinski definition) is 1. The van der Waals surface area contributed by atoms with Crippen molar-refractivity contribution in [3.05, 3.63) is 11.6 Å². The Hall–Kier alpha value is -0.610. The van der Waals surface area contributed by atoms with Gasteiger partial charge in [-0.15, -0.1) is 11.3 Å². The minimum Gasteiger partial charge on any atom is -0.391 e. The first-order valence-electron chi connectivity index (χ1n) is 4.58. The number of rotatable bonds is 1. The number of aromatic nitrogens is 1. The number of hydrogen-bond acceptors (Lipinski definition) is 4. The fraction of sp³-hybridized carbons (Fsp3) is 0.667. The molecule has 2 atom stereocenters. The van der Waals surface area contributed by atoms with Gasteiger partial charge in [-0.2, -0.15) is 0 Å². The van der Waals surface area contributed by atoms with Gasteiger partial charge < -0.3 is 10.0 Å². The smallest absolute Gasteiger partial charge is 0.185 e. The van der Waals surface area contributed by atoms with Crippen LogP contribution in [0.2, 0.25) is 0 Å². The van der Waals surface area contributed by atoms with Crippen LogP contribution in [0.5, 0.6) is 0 Å². The van der Waals surface area contributed by atoms with E-state index in [1.807, 2.05) is 11.6 Å². The number of anilines is 1. The van der Waals surface area contributed by atoms with Gasteiger partial charge >= 0.3 is 0 Å². The fourth-order valence-corrected chi connectivity index (χ4v) is 2.51. The van der Waals surface area contributed by atoms with E-state index in [1.54, 1.807) is 11.3 Å². The number of nitrogens with zero attached hydrogens (tertiary/aromatic N) is 2. The van der Waals surface area contributed by atoms with Gasteiger partial charge in [0.15, 0.2) is 5.13 Å². The topological polar surface area (TPSA) is 36.4 Å². The maximum atomic E-state index is 9.58. The largest absolute Gasteiger partial charge is 0.391 e. The van der Waals surface area contributed by atoms with Crippen LogP contribution in [0.15, 0.2) is 11.6 Å². The van der Waals surface area contributed by atoms with Gasteiger partial charge in [0.25, 0.3) is 0 Å². The quantitative estimate of drug-likeness (QED) is 0.740. The van der Waals surface area contributed by atoms with Crippen molar-refractivity contribution in [2.24, 2.45) is 5.92 Å². The summed E-state index contributed by atoms with van der Waals surface area (Å²) in [7, 11) is 0. The van der Waals surface area contributed by atoms with Crippen molar-refractivity contribution < 1.29 is 5.11 Å².